The van der Waals surface area contributed by atoms with Crippen molar-refractivity contribution in [3.8, 4) is 0 Å². The summed E-state index contributed by atoms with van der Waals surface area (Å²) in [7, 11) is 0. The van der Waals surface area contributed by atoms with E-state index in [0.717, 1.165) is 25.9 Å². The average molecular weight is 245 g/mol. The number of aromatic nitrogens is 4. The molecule has 6 heteroatoms. The Morgan fingerprint density at radius 2 is 2.44 bits per heavy atom. The van der Waals surface area contributed by atoms with E-state index in [0.29, 0.717) is 5.69 Å². The topological polar surface area (TPSA) is 66.8 Å². The molecule has 3 heterocycles. The molecule has 94 valence electrons. The fraction of sp³-hybridized carbons (Fsp3) is 0.417. The maximum atomic E-state index is 12.3. The first-order valence-electron chi connectivity index (χ1n) is 6.12. The average Bonchev–Trinajstić information content (AvgIpc) is 3.12. The molecule has 1 fully saturated rings. The number of aromatic amines is 1. The first kappa shape index (κ1) is 11.0. The second-order valence-electron chi connectivity index (χ2n) is 4.49. The zero-order valence-electron chi connectivity index (χ0n) is 9.99. The third-order valence-corrected chi connectivity index (χ3v) is 3.33. The van der Waals surface area contributed by atoms with E-state index in [1.807, 2.05) is 21.8 Å². The van der Waals surface area contributed by atoms with Crippen molar-refractivity contribution in [3.63, 3.8) is 0 Å². The number of nitrogens with zero attached hydrogens (tertiary/aromatic N) is 4. The van der Waals surface area contributed by atoms with Gasteiger partial charge in [-0.3, -0.25) is 14.6 Å². The highest BCUT2D eigenvalue weighted by atomic mass is 16.2. The van der Waals surface area contributed by atoms with E-state index in [2.05, 4.69) is 15.3 Å². The van der Waals surface area contributed by atoms with Gasteiger partial charge in [0.1, 0.15) is 5.69 Å². The zero-order chi connectivity index (χ0) is 12.4. The van der Waals surface area contributed by atoms with E-state index in [1.165, 1.54) is 0 Å². The van der Waals surface area contributed by atoms with Crippen molar-refractivity contribution >= 4 is 5.91 Å². The van der Waals surface area contributed by atoms with E-state index in [9.17, 15) is 4.79 Å². The SMILES string of the molecule is O=C(c1ccn[nH]1)N1CCCC1Cn1cccn1. The molecule has 0 aliphatic carbocycles. The van der Waals surface area contributed by atoms with Crippen LogP contribution in [0.15, 0.2) is 30.7 Å². The van der Waals surface area contributed by atoms with Gasteiger partial charge in [-0.15, -0.1) is 0 Å². The summed E-state index contributed by atoms with van der Waals surface area (Å²) >= 11 is 0. The highest BCUT2D eigenvalue weighted by Crippen LogP contribution is 2.20. The summed E-state index contributed by atoms with van der Waals surface area (Å²) in [5.41, 5.74) is 0.558. The molecule has 1 N–H and O–H groups in total. The van der Waals surface area contributed by atoms with Crippen molar-refractivity contribution < 1.29 is 4.79 Å². The molecule has 1 aliphatic rings. The lowest BCUT2D eigenvalue weighted by Gasteiger charge is -2.24. The number of carbonyl (C=O) groups excluding carboxylic acids is 1. The van der Waals surface area contributed by atoms with Gasteiger partial charge < -0.3 is 4.90 Å². The van der Waals surface area contributed by atoms with Crippen molar-refractivity contribution in [2.24, 2.45) is 0 Å². The van der Waals surface area contributed by atoms with Gasteiger partial charge in [0.2, 0.25) is 0 Å². The van der Waals surface area contributed by atoms with Gasteiger partial charge in [-0.25, -0.2) is 0 Å². The molecule has 1 amide bonds. The van der Waals surface area contributed by atoms with Crippen LogP contribution in [0.1, 0.15) is 23.3 Å². The highest BCUT2D eigenvalue weighted by molar-refractivity contribution is 5.92. The van der Waals surface area contributed by atoms with Crippen LogP contribution in [0, 0.1) is 0 Å². The largest absolute Gasteiger partial charge is 0.332 e. The third kappa shape index (κ3) is 2.01. The first-order valence-corrected chi connectivity index (χ1v) is 6.12. The second-order valence-corrected chi connectivity index (χ2v) is 4.49. The Morgan fingerprint density at radius 3 is 3.17 bits per heavy atom. The molecule has 0 radical (unpaired) electrons. The maximum Gasteiger partial charge on any atom is 0.272 e. The Labute approximate surface area is 105 Å². The predicted molar refractivity (Wildman–Crippen MR) is 64.9 cm³/mol. The van der Waals surface area contributed by atoms with Crippen LogP contribution in [0.25, 0.3) is 0 Å². The normalized spacial score (nSPS) is 19.3. The van der Waals surface area contributed by atoms with Gasteiger partial charge in [0.05, 0.1) is 12.6 Å². The van der Waals surface area contributed by atoms with E-state index < -0.39 is 0 Å². The van der Waals surface area contributed by atoms with Crippen LogP contribution in [0.3, 0.4) is 0 Å². The highest BCUT2D eigenvalue weighted by Gasteiger charge is 2.30. The Bertz CT molecular complexity index is 505. The van der Waals surface area contributed by atoms with Crippen LogP contribution in [-0.2, 0) is 6.54 Å². The van der Waals surface area contributed by atoms with Crippen molar-refractivity contribution in [2.45, 2.75) is 25.4 Å². The molecule has 0 aromatic carbocycles. The van der Waals surface area contributed by atoms with Crippen LogP contribution in [0.2, 0.25) is 0 Å². The molecular weight excluding hydrogens is 230 g/mol. The molecule has 18 heavy (non-hydrogen) atoms. The smallest absolute Gasteiger partial charge is 0.272 e. The second kappa shape index (κ2) is 4.64. The van der Waals surface area contributed by atoms with Crippen LogP contribution in [0.5, 0.6) is 0 Å². The lowest BCUT2D eigenvalue weighted by Crippen LogP contribution is -2.38. The van der Waals surface area contributed by atoms with Gasteiger partial charge in [0.15, 0.2) is 0 Å². The van der Waals surface area contributed by atoms with Gasteiger partial charge in [0.25, 0.3) is 5.91 Å². The Hall–Kier alpha value is -2.11. The molecule has 1 atom stereocenters. The van der Waals surface area contributed by atoms with Crippen molar-refractivity contribution in [1.29, 1.82) is 0 Å². The number of nitrogens with one attached hydrogen (secondary N) is 1. The Balaban J connectivity index is 1.73. The number of hydrogen-bond donors (Lipinski definition) is 1. The van der Waals surface area contributed by atoms with Crippen LogP contribution < -0.4 is 0 Å². The number of carbonyl (C=O) groups is 1. The molecule has 2 aromatic heterocycles. The minimum atomic E-state index is 0.0298. The lowest BCUT2D eigenvalue weighted by molar-refractivity contribution is 0.0715. The molecule has 1 saturated heterocycles. The van der Waals surface area contributed by atoms with E-state index in [4.69, 9.17) is 0 Å². The quantitative estimate of drug-likeness (QED) is 0.874. The monoisotopic (exact) mass is 245 g/mol. The predicted octanol–water partition coefficient (Wildman–Crippen LogP) is 0.911. The van der Waals surface area contributed by atoms with E-state index in [1.54, 1.807) is 18.5 Å². The summed E-state index contributed by atoms with van der Waals surface area (Å²) < 4.78 is 1.88. The number of amides is 1. The Morgan fingerprint density at radius 1 is 1.50 bits per heavy atom. The molecule has 0 spiro atoms. The van der Waals surface area contributed by atoms with Crippen molar-refractivity contribution in [3.05, 3.63) is 36.4 Å². The maximum absolute atomic E-state index is 12.3. The summed E-state index contributed by atoms with van der Waals surface area (Å²) in [6.45, 7) is 1.57. The van der Waals surface area contributed by atoms with Gasteiger partial charge in [-0.05, 0) is 25.0 Å². The minimum Gasteiger partial charge on any atom is -0.332 e. The van der Waals surface area contributed by atoms with Gasteiger partial charge in [-0.1, -0.05) is 0 Å². The first-order chi connectivity index (χ1) is 8.84. The Kier molecular flexibility index (Phi) is 2.84. The molecule has 6 nitrogen and oxygen atoms in total. The van der Waals surface area contributed by atoms with Crippen LogP contribution >= 0.6 is 0 Å². The van der Waals surface area contributed by atoms with E-state index >= 15 is 0 Å². The minimum absolute atomic E-state index is 0.0298. The van der Waals surface area contributed by atoms with Gasteiger partial charge in [0, 0.05) is 25.1 Å². The molecule has 1 aliphatic heterocycles. The molecular formula is C12H15N5O. The fourth-order valence-electron chi connectivity index (χ4n) is 2.45. The van der Waals surface area contributed by atoms with Crippen molar-refractivity contribution in [2.75, 3.05) is 6.54 Å². The number of H-pyrrole nitrogens is 1. The molecule has 3 rings (SSSR count). The molecule has 2 aromatic rings. The molecule has 1 unspecified atom stereocenters. The van der Waals surface area contributed by atoms with Crippen molar-refractivity contribution in [1.82, 2.24) is 24.9 Å². The van der Waals surface area contributed by atoms with Crippen LogP contribution in [0.4, 0.5) is 0 Å². The summed E-state index contributed by atoms with van der Waals surface area (Å²) in [5.74, 6) is 0.0298. The summed E-state index contributed by atoms with van der Waals surface area (Å²) in [4.78, 5) is 14.2. The zero-order valence-corrected chi connectivity index (χ0v) is 9.99. The summed E-state index contributed by atoms with van der Waals surface area (Å²) in [6, 6.07) is 3.84. The van der Waals surface area contributed by atoms with E-state index in [-0.39, 0.29) is 11.9 Å². The fourth-order valence-corrected chi connectivity index (χ4v) is 2.45. The molecule has 0 bridgehead atoms. The number of hydrogen-bond acceptors (Lipinski definition) is 3. The third-order valence-electron chi connectivity index (χ3n) is 3.33. The molecule has 0 saturated carbocycles. The lowest BCUT2D eigenvalue weighted by atomic mass is 10.2. The van der Waals surface area contributed by atoms with Gasteiger partial charge in [-0.2, -0.15) is 10.2 Å². The summed E-state index contributed by atoms with van der Waals surface area (Å²) in [6.07, 6.45) is 7.37. The number of rotatable bonds is 3. The van der Waals surface area contributed by atoms with Gasteiger partial charge >= 0.3 is 0 Å². The standard InChI is InChI=1S/C12H15N5O/c18-12(11-4-6-13-15-11)17-8-1-3-10(17)9-16-7-2-5-14-16/h2,4-7,10H,1,3,8-9H2,(H,13,15). The summed E-state index contributed by atoms with van der Waals surface area (Å²) in [5, 5.41) is 10.7. The number of likely N-dealkylation sites (tertiary alicyclic amines) is 1. The van der Waals surface area contributed by atoms with Crippen LogP contribution in [-0.4, -0.2) is 43.4 Å².